The van der Waals surface area contributed by atoms with Crippen LogP contribution in [0.3, 0.4) is 0 Å². The van der Waals surface area contributed by atoms with E-state index in [2.05, 4.69) is 510 Å². The zero-order valence-corrected chi connectivity index (χ0v) is 75.5. The molecule has 0 heteroatoms. The highest BCUT2D eigenvalue weighted by atomic mass is 14.3. The van der Waals surface area contributed by atoms with E-state index in [1.54, 1.807) is 0 Å². The molecular formula is C138H84. The summed E-state index contributed by atoms with van der Waals surface area (Å²) in [6, 6.07) is 191. The van der Waals surface area contributed by atoms with E-state index in [4.69, 9.17) is 0 Å². The number of hydrogen-bond donors (Lipinski definition) is 0. The summed E-state index contributed by atoms with van der Waals surface area (Å²) in [5.74, 6) is 0. The van der Waals surface area contributed by atoms with Crippen molar-refractivity contribution in [3.05, 3.63) is 510 Å². The van der Waals surface area contributed by atoms with Gasteiger partial charge in [-0.25, -0.2) is 0 Å². The van der Waals surface area contributed by atoms with Gasteiger partial charge < -0.3 is 0 Å². The molecule has 138 heavy (non-hydrogen) atoms. The molecule has 0 aliphatic rings. The second-order valence-corrected chi connectivity index (χ2v) is 37.5. The van der Waals surface area contributed by atoms with E-state index in [1.807, 2.05) is 0 Å². The lowest BCUT2D eigenvalue weighted by Crippen LogP contribution is -1.93. The van der Waals surface area contributed by atoms with Crippen LogP contribution in [-0.2, 0) is 0 Å². The van der Waals surface area contributed by atoms with E-state index in [-0.39, 0.29) is 0 Å². The van der Waals surface area contributed by atoms with E-state index in [0.717, 1.165) is 0 Å². The van der Waals surface area contributed by atoms with Crippen molar-refractivity contribution < 1.29 is 0 Å². The molecular weight excluding hydrogens is 1660 g/mol. The van der Waals surface area contributed by atoms with E-state index in [1.165, 1.54) is 294 Å². The molecule has 29 aromatic rings. The van der Waals surface area contributed by atoms with Gasteiger partial charge in [-0.15, -0.1) is 0 Å². The van der Waals surface area contributed by atoms with Gasteiger partial charge in [0.15, 0.2) is 0 Å². The molecule has 0 spiro atoms. The third-order valence-electron chi connectivity index (χ3n) is 29.9. The quantitative estimate of drug-likeness (QED) is 0.0998. The van der Waals surface area contributed by atoms with Crippen LogP contribution in [0.1, 0.15) is 0 Å². The zero-order chi connectivity index (χ0) is 90.6. The van der Waals surface area contributed by atoms with Gasteiger partial charge in [0.2, 0.25) is 0 Å². The fourth-order valence-electron chi connectivity index (χ4n) is 23.5. The third-order valence-corrected chi connectivity index (χ3v) is 29.9. The van der Waals surface area contributed by atoms with E-state index < -0.39 is 0 Å². The first-order valence-corrected chi connectivity index (χ1v) is 48.0. The van der Waals surface area contributed by atoms with Crippen LogP contribution in [0.25, 0.3) is 294 Å². The average molecular weight is 1740 g/mol. The highest BCUT2D eigenvalue weighted by Gasteiger charge is 2.24. The van der Waals surface area contributed by atoms with Crippen LogP contribution in [0.4, 0.5) is 0 Å². The van der Waals surface area contributed by atoms with Gasteiger partial charge in [0.25, 0.3) is 0 Å². The van der Waals surface area contributed by atoms with Gasteiger partial charge >= 0.3 is 0 Å². The molecule has 0 aliphatic carbocycles. The first-order chi connectivity index (χ1) is 68.4. The number of hydrogen-bond acceptors (Lipinski definition) is 0. The van der Waals surface area contributed by atoms with Gasteiger partial charge in [-0.1, -0.05) is 437 Å². The molecule has 636 valence electrons. The fraction of sp³-hybridized carbons (Fsp3) is 0. The molecule has 0 aromatic heterocycles. The molecule has 0 fully saturated rings. The lowest BCUT2D eigenvalue weighted by Gasteiger charge is -2.20. The monoisotopic (exact) mass is 1740 g/mol. The average Bonchev–Trinajstić information content (AvgIpc) is 0.720. The Hall–Kier alpha value is -17.9. The Labute approximate surface area is 797 Å². The van der Waals surface area contributed by atoms with Crippen LogP contribution >= 0.6 is 0 Å². The molecule has 0 unspecified atom stereocenters. The summed E-state index contributed by atoms with van der Waals surface area (Å²) in [6.07, 6.45) is 0. The minimum Gasteiger partial charge on any atom is -0.0616 e. The topological polar surface area (TPSA) is 0 Å². The van der Waals surface area contributed by atoms with Crippen molar-refractivity contribution in [3.63, 3.8) is 0 Å². The maximum Gasteiger partial charge on any atom is -0.00262 e. The Morgan fingerprint density at radius 1 is 0.0652 bits per heavy atom. The van der Waals surface area contributed by atoms with Crippen molar-refractivity contribution in [2.24, 2.45) is 0 Å². The molecule has 0 N–H and O–H groups in total. The predicted molar refractivity (Wildman–Crippen MR) is 597 cm³/mol. The van der Waals surface area contributed by atoms with Crippen LogP contribution in [0.2, 0.25) is 0 Å². The standard InChI is InChI=1S/C78H48.C60H36/c1-7-19-64-52(13-1)37-40-70-73(64)46-58-16-4-10-22-67(58)76(70)55-31-25-49(26-32-55)61-43-62(50-27-33-56(34-28-50)77-68-23-11-5-17-59(68)47-74-65-20-8-2-14-53(65)38-41-71(74)77)45-63(44-61)51-29-35-57(36-30-51)78-69-24-12-6-18-60(69)48-75-66-21-9-3-15-54(66)39-42-72(75)78;1-7-19-46-37(13-1)25-28-52-55(46)34-40-16-4-10-22-49(40)58(52)43-31-44(59-50-23-11-5-17-41(50)35-56-47-20-8-2-14-38(47)26-29-53(56)59)33-45(32-43)60-51-24-12-6-18-42(51)36-57-48-21-9-3-15-39(48)27-30-54(57)60/h1-48H;1-36H. The van der Waals surface area contributed by atoms with Crippen molar-refractivity contribution in [1.29, 1.82) is 0 Å². The lowest BCUT2D eigenvalue weighted by atomic mass is 9.83. The molecule has 0 amide bonds. The van der Waals surface area contributed by atoms with Crippen molar-refractivity contribution in [2.45, 2.75) is 0 Å². The summed E-state index contributed by atoms with van der Waals surface area (Å²) < 4.78 is 0. The molecule has 0 bridgehead atoms. The van der Waals surface area contributed by atoms with Crippen LogP contribution < -0.4 is 0 Å². The molecule has 0 saturated carbocycles. The van der Waals surface area contributed by atoms with E-state index in [9.17, 15) is 0 Å². The molecule has 29 rings (SSSR count). The summed E-state index contributed by atoms with van der Waals surface area (Å²) >= 11 is 0. The number of fused-ring (bicyclic) bond motifs is 24. The van der Waals surface area contributed by atoms with Crippen molar-refractivity contribution in [1.82, 2.24) is 0 Å². The van der Waals surface area contributed by atoms with Crippen LogP contribution in [0, 0.1) is 0 Å². The fourth-order valence-corrected chi connectivity index (χ4v) is 23.5. The molecule has 0 radical (unpaired) electrons. The van der Waals surface area contributed by atoms with Gasteiger partial charge in [-0.2, -0.15) is 0 Å². The summed E-state index contributed by atoms with van der Waals surface area (Å²) in [5.41, 5.74) is 21.9. The highest BCUT2D eigenvalue weighted by molar-refractivity contribution is 6.28. The van der Waals surface area contributed by atoms with Gasteiger partial charge in [0.1, 0.15) is 0 Å². The molecule has 0 atom stereocenters. The molecule has 0 aliphatic heterocycles. The van der Waals surface area contributed by atoms with Crippen LogP contribution in [-0.4, -0.2) is 0 Å². The van der Waals surface area contributed by atoms with E-state index >= 15 is 0 Å². The second kappa shape index (κ2) is 31.9. The van der Waals surface area contributed by atoms with Gasteiger partial charge in [0.05, 0.1) is 0 Å². The molecule has 0 heterocycles. The van der Waals surface area contributed by atoms with E-state index in [0.29, 0.717) is 0 Å². The largest absolute Gasteiger partial charge is 0.0616 e. The first-order valence-electron chi connectivity index (χ1n) is 48.0. The molecule has 29 aromatic carbocycles. The number of benzene rings is 29. The Morgan fingerprint density at radius 3 is 0.384 bits per heavy atom. The lowest BCUT2D eigenvalue weighted by molar-refractivity contribution is 1.56. The Bertz CT molecular complexity index is 9250. The van der Waals surface area contributed by atoms with Crippen LogP contribution in [0.5, 0.6) is 0 Å². The van der Waals surface area contributed by atoms with Crippen molar-refractivity contribution in [2.75, 3.05) is 0 Å². The van der Waals surface area contributed by atoms with Gasteiger partial charge in [-0.3, -0.25) is 0 Å². The van der Waals surface area contributed by atoms with Gasteiger partial charge in [-0.05, 0) is 367 Å². The molecule has 0 saturated heterocycles. The minimum absolute atomic E-state index is 1.17. The predicted octanol–water partition coefficient (Wildman–Crippen LogP) is 39.1. The summed E-state index contributed by atoms with van der Waals surface area (Å²) in [4.78, 5) is 0. The molecule has 0 nitrogen and oxygen atoms in total. The van der Waals surface area contributed by atoms with Crippen LogP contribution in [0.15, 0.2) is 510 Å². The third kappa shape index (κ3) is 12.9. The Kier molecular flexibility index (Phi) is 18.2. The summed E-state index contributed by atoms with van der Waals surface area (Å²) in [5, 5.41) is 45.5. The normalized spacial score (nSPS) is 11.9. The Morgan fingerprint density at radius 2 is 0.203 bits per heavy atom. The SMILES string of the molecule is c1ccc2c(-c3cc(-c4c5ccccc5cc5c4ccc4ccccc45)cc(-c4c5ccccc5cc5c4ccc4ccccc45)c3)c3ccc4ccccc4c3cc2c1.c1ccc2c(-c3ccc(-c4cc(-c5ccc(-c6c7ccccc7cc7c6ccc6ccccc67)cc5)cc(-c5ccc(-c6c7ccccc7cc7c6ccc6ccccc67)cc5)c4)cc3)c3ccc4ccccc4c3cc2c1. The summed E-state index contributed by atoms with van der Waals surface area (Å²) in [7, 11) is 0. The maximum absolute atomic E-state index is 2.49. The Balaban J connectivity index is 0.000000141. The maximum atomic E-state index is 2.49. The van der Waals surface area contributed by atoms with Gasteiger partial charge in [0, 0.05) is 0 Å². The smallest absolute Gasteiger partial charge is 0.00262 e. The van der Waals surface area contributed by atoms with Crippen molar-refractivity contribution in [3.8, 4) is 100 Å². The highest BCUT2D eigenvalue weighted by Crippen LogP contribution is 2.52. The zero-order valence-electron chi connectivity index (χ0n) is 75.5. The summed E-state index contributed by atoms with van der Waals surface area (Å²) in [6.45, 7) is 0. The second-order valence-electron chi connectivity index (χ2n) is 37.5. The van der Waals surface area contributed by atoms with Crippen molar-refractivity contribution >= 4 is 194 Å². The first kappa shape index (κ1) is 78.7. The number of rotatable bonds is 9. The minimum atomic E-state index is 1.17.